The summed E-state index contributed by atoms with van der Waals surface area (Å²) in [6.45, 7) is 15.6. The van der Waals surface area contributed by atoms with Crippen LogP contribution in [0.4, 0.5) is 0 Å². The first-order chi connectivity index (χ1) is 24.0. The number of hydrogen-bond donors (Lipinski definition) is 0. The first kappa shape index (κ1) is 46.3. The second kappa shape index (κ2) is 30.9. The summed E-state index contributed by atoms with van der Waals surface area (Å²) in [4.78, 5) is 0. The Bertz CT molecular complexity index is 816. The van der Waals surface area contributed by atoms with E-state index in [1.54, 1.807) is 0 Å². The van der Waals surface area contributed by atoms with Gasteiger partial charge < -0.3 is 28.4 Å². The van der Waals surface area contributed by atoms with Crippen molar-refractivity contribution in [2.45, 2.75) is 188 Å². The van der Waals surface area contributed by atoms with Crippen molar-refractivity contribution in [1.82, 2.24) is 0 Å². The molecule has 49 heavy (non-hydrogen) atoms. The van der Waals surface area contributed by atoms with E-state index >= 15 is 0 Å². The first-order valence-electron chi connectivity index (χ1n) is 20.4. The van der Waals surface area contributed by atoms with Gasteiger partial charge in [0.05, 0.1) is 0 Å². The van der Waals surface area contributed by atoms with Crippen LogP contribution in [-0.2, 0) is 40.7 Å². The van der Waals surface area contributed by atoms with Crippen LogP contribution in [0.3, 0.4) is 0 Å². The molecule has 1 unspecified atom stereocenters. The molecule has 0 radical (unpaired) electrons. The highest BCUT2D eigenvalue weighted by Crippen LogP contribution is 2.27. The van der Waals surface area contributed by atoms with Crippen molar-refractivity contribution in [3.05, 3.63) is 35.4 Å². The lowest BCUT2D eigenvalue weighted by atomic mass is 9.88. The number of rotatable bonds is 36. The van der Waals surface area contributed by atoms with Crippen molar-refractivity contribution in [1.29, 1.82) is 0 Å². The maximum Gasteiger partial charge on any atom is 0.282 e. The molecular weight excluding hydrogens is 636 g/mol. The van der Waals surface area contributed by atoms with Crippen molar-refractivity contribution in [2.24, 2.45) is 5.92 Å². The molecule has 1 rings (SSSR count). The van der Waals surface area contributed by atoms with Crippen LogP contribution in [-0.4, -0.2) is 51.6 Å². The number of hydrogen-bond acceptors (Lipinski definition) is 6. The summed E-state index contributed by atoms with van der Waals surface area (Å²) >= 11 is 6.05. The third-order valence-corrected chi connectivity index (χ3v) is 9.64. The molecule has 0 saturated carbocycles. The molecule has 288 valence electrons. The number of halogens is 1. The van der Waals surface area contributed by atoms with Gasteiger partial charge in [-0.05, 0) is 77.8 Å². The molecule has 1 aromatic carbocycles. The molecule has 1 aromatic rings. The molecule has 0 N–H and O–H groups in total. The number of benzene rings is 1. The molecule has 1 atom stereocenters. The summed E-state index contributed by atoms with van der Waals surface area (Å²) in [7, 11) is 0. The Morgan fingerprint density at radius 2 is 0.714 bits per heavy atom. The first-order valence-corrected chi connectivity index (χ1v) is 21.0. The molecule has 0 fully saturated rings. The summed E-state index contributed by atoms with van der Waals surface area (Å²) in [6.07, 6.45) is 24.6. The van der Waals surface area contributed by atoms with Gasteiger partial charge in [0.1, 0.15) is 0 Å². The topological polar surface area (TPSA) is 55.4 Å². The molecule has 0 aliphatic rings. The maximum atomic E-state index is 6.05. The van der Waals surface area contributed by atoms with E-state index in [-0.39, 0.29) is 0 Å². The summed E-state index contributed by atoms with van der Waals surface area (Å²) in [5.41, 5.74) is 2.67. The van der Waals surface area contributed by atoms with Gasteiger partial charge >= 0.3 is 0 Å². The van der Waals surface area contributed by atoms with Gasteiger partial charge in [0.2, 0.25) is 0 Å². The van der Waals surface area contributed by atoms with E-state index in [9.17, 15) is 0 Å². The Labute approximate surface area is 308 Å². The predicted octanol–water partition coefficient (Wildman–Crippen LogP) is 12.5. The Morgan fingerprint density at radius 3 is 1.02 bits per heavy atom. The van der Waals surface area contributed by atoms with E-state index in [2.05, 4.69) is 24.3 Å². The lowest BCUT2D eigenvalue weighted by Crippen LogP contribution is -2.39. The van der Waals surface area contributed by atoms with Crippen LogP contribution in [0, 0.1) is 5.92 Å². The summed E-state index contributed by atoms with van der Waals surface area (Å²) in [5, 5.41) is 0. The van der Waals surface area contributed by atoms with Crippen molar-refractivity contribution in [3.8, 4) is 0 Å². The molecule has 0 spiro atoms. The Hall–Kier alpha value is -0.730. The Morgan fingerprint density at radius 1 is 0.429 bits per heavy atom. The monoisotopic (exact) mass is 713 g/mol. The van der Waals surface area contributed by atoms with Gasteiger partial charge in [-0.1, -0.05) is 121 Å². The minimum absolute atomic E-state index is 0.588. The fourth-order valence-electron chi connectivity index (χ4n) is 6.94. The van der Waals surface area contributed by atoms with Gasteiger partial charge in [0.25, 0.3) is 11.9 Å². The smallest absolute Gasteiger partial charge is 0.282 e. The minimum atomic E-state index is -0.857. The van der Waals surface area contributed by atoms with E-state index in [1.807, 2.05) is 41.5 Å². The largest absolute Gasteiger partial charge is 0.328 e. The number of unbranched alkanes of at least 4 members (excludes halogenated alkanes) is 13. The van der Waals surface area contributed by atoms with Crippen molar-refractivity contribution < 1.29 is 28.4 Å². The molecule has 0 amide bonds. The van der Waals surface area contributed by atoms with E-state index in [0.29, 0.717) is 45.5 Å². The Kier molecular flexibility index (Phi) is 29.1. The van der Waals surface area contributed by atoms with Crippen LogP contribution in [0.15, 0.2) is 24.3 Å². The number of alkyl halides is 1. The van der Waals surface area contributed by atoms with E-state index in [4.69, 9.17) is 40.0 Å². The van der Waals surface area contributed by atoms with Gasteiger partial charge in [-0.3, -0.25) is 0 Å². The molecule has 0 heterocycles. The van der Waals surface area contributed by atoms with Crippen molar-refractivity contribution in [2.75, 3.05) is 39.6 Å². The highest BCUT2D eigenvalue weighted by Gasteiger charge is 2.32. The molecule has 0 aromatic heterocycles. The summed E-state index contributed by atoms with van der Waals surface area (Å²) < 4.78 is 35.3. The quantitative estimate of drug-likeness (QED) is 0.0392. The lowest BCUT2D eigenvalue weighted by molar-refractivity contribution is -0.380. The summed E-state index contributed by atoms with van der Waals surface area (Å²) in [6, 6.07) is 8.99. The van der Waals surface area contributed by atoms with Gasteiger partial charge in [0, 0.05) is 58.4 Å². The molecular formula is C42H77ClO6. The normalized spacial score (nSPS) is 13.0. The fourth-order valence-corrected chi connectivity index (χ4v) is 7.12. The zero-order valence-corrected chi connectivity index (χ0v) is 33.6. The molecule has 0 saturated heterocycles. The molecule has 7 heteroatoms. The van der Waals surface area contributed by atoms with Crippen molar-refractivity contribution in [3.63, 3.8) is 0 Å². The second-order valence-electron chi connectivity index (χ2n) is 13.4. The summed E-state index contributed by atoms with van der Waals surface area (Å²) in [5.74, 6) is -0.353. The lowest BCUT2D eigenvalue weighted by Gasteiger charge is -2.32. The minimum Gasteiger partial charge on any atom is -0.328 e. The van der Waals surface area contributed by atoms with Gasteiger partial charge in [-0.25, -0.2) is 0 Å². The van der Waals surface area contributed by atoms with Crippen LogP contribution in [0.5, 0.6) is 0 Å². The van der Waals surface area contributed by atoms with E-state index in [0.717, 1.165) is 31.6 Å². The van der Waals surface area contributed by atoms with Crippen molar-refractivity contribution >= 4 is 11.6 Å². The highest BCUT2D eigenvalue weighted by molar-refractivity contribution is 6.17. The maximum absolute atomic E-state index is 6.05. The van der Waals surface area contributed by atoms with Crippen LogP contribution in [0.1, 0.15) is 175 Å². The number of ether oxygens (including phenoxy) is 6. The van der Waals surface area contributed by atoms with E-state index < -0.39 is 11.9 Å². The van der Waals surface area contributed by atoms with Gasteiger partial charge in [0.15, 0.2) is 0 Å². The van der Waals surface area contributed by atoms with Crippen LogP contribution in [0.2, 0.25) is 0 Å². The van der Waals surface area contributed by atoms with E-state index in [1.165, 1.54) is 114 Å². The highest BCUT2D eigenvalue weighted by atomic mass is 35.5. The molecule has 0 aliphatic heterocycles. The van der Waals surface area contributed by atoms with Crippen LogP contribution in [0.25, 0.3) is 0 Å². The SMILES string of the molecule is CCOC(CCCCCCCCCCC(CCCCCCCCCC(OCC)(OCC)OCC)Cc1ccc(CCl)cc1)(OCC)OCC. The zero-order valence-electron chi connectivity index (χ0n) is 32.8. The third-order valence-electron chi connectivity index (χ3n) is 9.33. The van der Waals surface area contributed by atoms with Crippen LogP contribution < -0.4 is 0 Å². The molecule has 0 bridgehead atoms. The average Bonchev–Trinajstić information content (AvgIpc) is 3.09. The van der Waals surface area contributed by atoms with Gasteiger partial charge in [-0.2, -0.15) is 0 Å². The molecule has 6 nitrogen and oxygen atoms in total. The second-order valence-corrected chi connectivity index (χ2v) is 13.6. The van der Waals surface area contributed by atoms with Gasteiger partial charge in [-0.15, -0.1) is 11.6 Å². The Balaban J connectivity index is 2.34. The standard InChI is InChI=1S/C42H77ClO6/c1-7-44-41(45-8-2,46-9-3)34-26-22-18-14-13-16-20-24-28-38(36-39-30-32-40(37-43)33-31-39)29-25-21-17-15-19-23-27-35-42(47-10-4,48-11-5)49-12-6/h30-33,38H,7-29,34-37H2,1-6H3. The van der Waals surface area contributed by atoms with Crippen LogP contribution >= 0.6 is 11.6 Å². The molecule has 0 aliphatic carbocycles. The fraction of sp³-hybridized carbons (Fsp3) is 0.857. The zero-order chi connectivity index (χ0) is 35.9. The average molecular weight is 714 g/mol. The predicted molar refractivity (Wildman–Crippen MR) is 206 cm³/mol. The third kappa shape index (κ3) is 22.1.